The molecule has 0 spiro atoms. The average molecular weight is 757 g/mol. The van der Waals surface area contributed by atoms with Gasteiger partial charge in [0.05, 0.1) is 27.8 Å². The standard InChI is InChI=1S/C41H36N6O3S3/c1-27-18-20-33(22-28(27)2)50-24-36-45-46-40(47(36)32-16-10-5-11-17-32)51-25-37(48)42-31-19-21-34-35(23-31)53-41(43-34)52-26-38(49)44-39(29-12-6-3-7-13-29)30-14-8-4-9-15-30/h3-23,39H,24-26H2,1-2H3,(H,42,48)(H,44,49). The maximum Gasteiger partial charge on any atom is 0.234 e. The number of carbonyl (C=O) groups excluding carboxylic acids is 2. The zero-order valence-corrected chi connectivity index (χ0v) is 31.5. The van der Waals surface area contributed by atoms with E-state index in [2.05, 4.69) is 34.7 Å². The van der Waals surface area contributed by atoms with Crippen molar-refractivity contribution in [2.45, 2.75) is 36.0 Å². The van der Waals surface area contributed by atoms with Crippen LogP contribution in [-0.2, 0) is 16.2 Å². The monoisotopic (exact) mass is 756 g/mol. The third kappa shape index (κ3) is 9.15. The van der Waals surface area contributed by atoms with E-state index in [1.165, 1.54) is 40.4 Å². The number of nitrogens with zero attached hydrogens (tertiary/aromatic N) is 4. The van der Waals surface area contributed by atoms with Crippen LogP contribution in [0.4, 0.5) is 5.69 Å². The van der Waals surface area contributed by atoms with Crippen LogP contribution >= 0.6 is 34.9 Å². The molecule has 9 nitrogen and oxygen atoms in total. The van der Waals surface area contributed by atoms with Gasteiger partial charge in [0.15, 0.2) is 15.3 Å². The van der Waals surface area contributed by atoms with Crippen molar-refractivity contribution in [1.82, 2.24) is 25.1 Å². The minimum Gasteiger partial charge on any atom is -0.486 e. The number of carbonyl (C=O) groups is 2. The quantitative estimate of drug-likeness (QED) is 0.106. The Bertz CT molecular complexity index is 2290. The Morgan fingerprint density at radius 1 is 0.755 bits per heavy atom. The smallest absolute Gasteiger partial charge is 0.234 e. The first-order valence-electron chi connectivity index (χ1n) is 16.9. The number of thioether (sulfide) groups is 2. The zero-order chi connectivity index (χ0) is 36.6. The molecule has 2 aromatic heterocycles. The minimum atomic E-state index is -0.246. The number of rotatable bonds is 14. The van der Waals surface area contributed by atoms with E-state index in [0.717, 1.165) is 42.7 Å². The summed E-state index contributed by atoms with van der Waals surface area (Å²) in [6.45, 7) is 4.34. The van der Waals surface area contributed by atoms with Crippen molar-refractivity contribution >= 4 is 62.6 Å². The Morgan fingerprint density at radius 2 is 1.43 bits per heavy atom. The van der Waals surface area contributed by atoms with Crippen molar-refractivity contribution in [3.05, 3.63) is 155 Å². The number of hydrogen-bond donors (Lipinski definition) is 2. The van der Waals surface area contributed by atoms with Crippen LogP contribution in [0.2, 0.25) is 0 Å². The summed E-state index contributed by atoms with van der Waals surface area (Å²) in [5.41, 5.74) is 6.75. The van der Waals surface area contributed by atoms with Crippen LogP contribution in [-0.4, -0.2) is 43.1 Å². The number of thiazole rings is 1. The Hall–Kier alpha value is -5.43. The van der Waals surface area contributed by atoms with E-state index in [4.69, 9.17) is 9.72 Å². The molecule has 0 aliphatic carbocycles. The molecule has 2 amide bonds. The maximum absolute atomic E-state index is 13.1. The SMILES string of the molecule is Cc1ccc(OCc2nnc(SCC(=O)Nc3ccc4nc(SCC(=O)NC(c5ccccc5)c5ccccc5)sc4c3)n2-c2ccccc2)cc1C. The molecule has 2 heterocycles. The second-order valence-corrected chi connectivity index (χ2v) is 15.4. The lowest BCUT2D eigenvalue weighted by Gasteiger charge is -2.19. The molecule has 12 heteroatoms. The van der Waals surface area contributed by atoms with E-state index in [1.54, 1.807) is 0 Å². The highest BCUT2D eigenvalue weighted by atomic mass is 32.2. The molecule has 0 bridgehead atoms. The van der Waals surface area contributed by atoms with Gasteiger partial charge >= 0.3 is 0 Å². The largest absolute Gasteiger partial charge is 0.486 e. The van der Waals surface area contributed by atoms with Gasteiger partial charge in [-0.05, 0) is 78.6 Å². The molecule has 7 aromatic rings. The molecule has 0 radical (unpaired) electrons. The summed E-state index contributed by atoms with van der Waals surface area (Å²) in [5, 5.41) is 15.6. The molecule has 266 valence electrons. The van der Waals surface area contributed by atoms with Gasteiger partial charge in [-0.15, -0.1) is 21.5 Å². The molecule has 53 heavy (non-hydrogen) atoms. The van der Waals surface area contributed by atoms with Gasteiger partial charge < -0.3 is 15.4 Å². The summed E-state index contributed by atoms with van der Waals surface area (Å²) < 4.78 is 9.70. The number of fused-ring (bicyclic) bond motifs is 1. The number of nitrogens with one attached hydrogen (secondary N) is 2. The first-order chi connectivity index (χ1) is 25.9. The number of amides is 2. The lowest BCUT2D eigenvalue weighted by Crippen LogP contribution is -2.30. The van der Waals surface area contributed by atoms with Crippen molar-refractivity contribution in [2.75, 3.05) is 16.8 Å². The summed E-state index contributed by atoms with van der Waals surface area (Å²) in [6, 6.07) is 41.1. The van der Waals surface area contributed by atoms with E-state index < -0.39 is 0 Å². The normalized spacial score (nSPS) is 11.2. The molecule has 0 saturated carbocycles. The molecule has 0 aliphatic heterocycles. The summed E-state index contributed by atoms with van der Waals surface area (Å²) in [4.78, 5) is 31.0. The van der Waals surface area contributed by atoms with Crippen LogP contribution in [0.1, 0.15) is 34.1 Å². The van der Waals surface area contributed by atoms with Crippen molar-refractivity contribution in [2.24, 2.45) is 0 Å². The van der Waals surface area contributed by atoms with Gasteiger partial charge in [0, 0.05) is 11.4 Å². The van der Waals surface area contributed by atoms with Crippen LogP contribution in [0.15, 0.2) is 137 Å². The molecule has 0 aliphatic rings. The summed E-state index contributed by atoms with van der Waals surface area (Å²) >= 11 is 4.19. The van der Waals surface area contributed by atoms with Gasteiger partial charge in [-0.2, -0.15) is 0 Å². The topological polar surface area (TPSA) is 111 Å². The zero-order valence-electron chi connectivity index (χ0n) is 29.1. The van der Waals surface area contributed by atoms with E-state index in [9.17, 15) is 9.59 Å². The first-order valence-corrected chi connectivity index (χ1v) is 19.7. The van der Waals surface area contributed by atoms with Gasteiger partial charge in [0.25, 0.3) is 0 Å². The van der Waals surface area contributed by atoms with Crippen molar-refractivity contribution in [3.63, 3.8) is 0 Å². The van der Waals surface area contributed by atoms with Gasteiger partial charge in [-0.25, -0.2) is 4.98 Å². The van der Waals surface area contributed by atoms with E-state index in [-0.39, 0.29) is 36.0 Å². The number of benzene rings is 5. The third-order valence-electron chi connectivity index (χ3n) is 8.44. The number of aromatic nitrogens is 4. The summed E-state index contributed by atoms with van der Waals surface area (Å²) in [7, 11) is 0. The predicted octanol–water partition coefficient (Wildman–Crippen LogP) is 8.80. The molecule has 5 aromatic carbocycles. The van der Waals surface area contributed by atoms with E-state index in [0.29, 0.717) is 16.7 Å². The molecule has 7 rings (SSSR count). The number of ether oxygens (including phenoxy) is 1. The van der Waals surface area contributed by atoms with E-state index in [1.807, 2.05) is 132 Å². The molecular formula is C41H36N6O3S3. The maximum atomic E-state index is 13.1. The fourth-order valence-electron chi connectivity index (χ4n) is 5.63. The fraction of sp³-hybridized carbons (Fsp3) is 0.146. The van der Waals surface area contributed by atoms with E-state index >= 15 is 0 Å². The third-order valence-corrected chi connectivity index (χ3v) is 11.5. The van der Waals surface area contributed by atoms with Gasteiger partial charge in [0.1, 0.15) is 12.4 Å². The van der Waals surface area contributed by atoms with Crippen molar-refractivity contribution < 1.29 is 14.3 Å². The fourth-order valence-corrected chi connectivity index (χ4v) is 8.32. The van der Waals surface area contributed by atoms with Crippen LogP contribution in [0, 0.1) is 13.8 Å². The average Bonchev–Trinajstić information content (AvgIpc) is 3.80. The van der Waals surface area contributed by atoms with Crippen LogP contribution in [0.5, 0.6) is 5.75 Å². The summed E-state index contributed by atoms with van der Waals surface area (Å²) in [5.74, 6) is 1.49. The Balaban J connectivity index is 0.962. The molecule has 0 atom stereocenters. The van der Waals surface area contributed by atoms with Crippen molar-refractivity contribution in [3.8, 4) is 11.4 Å². The second kappa shape index (κ2) is 16.9. The highest BCUT2D eigenvalue weighted by Gasteiger charge is 2.19. The summed E-state index contributed by atoms with van der Waals surface area (Å²) in [6.07, 6.45) is 0. The molecule has 0 unspecified atom stereocenters. The highest BCUT2D eigenvalue weighted by Crippen LogP contribution is 2.32. The van der Waals surface area contributed by atoms with Crippen LogP contribution < -0.4 is 15.4 Å². The van der Waals surface area contributed by atoms with Crippen molar-refractivity contribution in [1.29, 1.82) is 0 Å². The first kappa shape index (κ1) is 36.0. The molecule has 2 N–H and O–H groups in total. The Kier molecular flexibility index (Phi) is 11.5. The number of aryl methyl sites for hydroxylation is 2. The minimum absolute atomic E-state index is 0.0819. The van der Waals surface area contributed by atoms with Crippen LogP contribution in [0.3, 0.4) is 0 Å². The van der Waals surface area contributed by atoms with Gasteiger partial charge in [0.2, 0.25) is 11.8 Å². The van der Waals surface area contributed by atoms with Crippen LogP contribution in [0.25, 0.3) is 15.9 Å². The number of para-hydroxylation sites is 1. The number of anilines is 1. The lowest BCUT2D eigenvalue weighted by atomic mass is 9.99. The molecular weight excluding hydrogens is 721 g/mol. The predicted molar refractivity (Wildman–Crippen MR) is 214 cm³/mol. The second-order valence-electron chi connectivity index (χ2n) is 12.2. The molecule has 0 fully saturated rings. The highest BCUT2D eigenvalue weighted by molar-refractivity contribution is 8.01. The number of hydrogen-bond acceptors (Lipinski definition) is 9. The molecule has 0 saturated heterocycles. The lowest BCUT2D eigenvalue weighted by molar-refractivity contribution is -0.119. The van der Waals surface area contributed by atoms with Gasteiger partial charge in [-0.3, -0.25) is 14.2 Å². The van der Waals surface area contributed by atoms with Gasteiger partial charge in [-0.1, -0.05) is 108 Å². The Labute approximate surface area is 320 Å². The Morgan fingerprint density at radius 3 is 2.13 bits per heavy atom.